The van der Waals surface area contributed by atoms with Gasteiger partial charge in [0.05, 0.1) is 6.04 Å². The maximum absolute atomic E-state index is 12.9. The summed E-state index contributed by atoms with van der Waals surface area (Å²) in [6.45, 7) is 1.43. The molecule has 3 rings (SSSR count). The van der Waals surface area contributed by atoms with Gasteiger partial charge in [-0.1, -0.05) is 6.42 Å². The van der Waals surface area contributed by atoms with Crippen molar-refractivity contribution in [2.24, 2.45) is 17.8 Å². The van der Waals surface area contributed by atoms with Crippen molar-refractivity contribution < 1.29 is 18.0 Å². The van der Waals surface area contributed by atoms with Crippen molar-refractivity contribution in [3.63, 3.8) is 0 Å². The number of hydrogen-bond donors (Lipinski definition) is 1. The minimum Gasteiger partial charge on any atom is -0.329 e. The summed E-state index contributed by atoms with van der Waals surface area (Å²) in [6, 6.07) is -0.706. The van der Waals surface area contributed by atoms with Crippen molar-refractivity contribution >= 4 is 5.91 Å². The molecule has 0 bridgehead atoms. The molecule has 2 aliphatic carbocycles. The average molecular weight is 304 g/mol. The first kappa shape index (κ1) is 15.1. The molecule has 4 atom stereocenters. The third kappa shape index (κ3) is 3.20. The van der Waals surface area contributed by atoms with Gasteiger partial charge in [0.25, 0.3) is 0 Å². The van der Waals surface area contributed by atoms with Gasteiger partial charge in [-0.25, -0.2) is 0 Å². The smallest absolute Gasteiger partial charge is 0.329 e. The largest absolute Gasteiger partial charge is 0.406 e. The predicted octanol–water partition coefficient (Wildman–Crippen LogP) is 2.56. The molecule has 0 aromatic heterocycles. The van der Waals surface area contributed by atoms with Crippen molar-refractivity contribution in [3.8, 4) is 0 Å². The first-order valence-corrected chi connectivity index (χ1v) is 7.97. The van der Waals surface area contributed by atoms with Crippen molar-refractivity contribution in [1.82, 2.24) is 10.2 Å². The van der Waals surface area contributed by atoms with E-state index in [1.165, 1.54) is 0 Å². The SMILES string of the molecule is CC(C1CC1)N(CC(F)(F)F)C(=O)C1NCC2CCCC21. The van der Waals surface area contributed by atoms with Crippen LogP contribution in [0.3, 0.4) is 0 Å². The number of rotatable bonds is 4. The minimum atomic E-state index is -4.33. The van der Waals surface area contributed by atoms with Crippen molar-refractivity contribution in [2.45, 2.75) is 57.3 Å². The molecule has 1 N–H and O–H groups in total. The molecule has 3 aliphatic rings. The summed E-state index contributed by atoms with van der Waals surface area (Å²) >= 11 is 0. The number of fused-ring (bicyclic) bond motifs is 1. The molecule has 1 heterocycles. The zero-order chi connectivity index (χ0) is 15.2. The van der Waals surface area contributed by atoms with E-state index >= 15 is 0 Å². The summed E-state index contributed by atoms with van der Waals surface area (Å²) in [5, 5.41) is 3.18. The van der Waals surface area contributed by atoms with Gasteiger partial charge in [-0.15, -0.1) is 0 Å². The van der Waals surface area contributed by atoms with Gasteiger partial charge in [-0.05, 0) is 56.9 Å². The second-order valence-electron chi connectivity index (χ2n) is 6.90. The summed E-state index contributed by atoms with van der Waals surface area (Å²) in [5.41, 5.74) is 0. The monoisotopic (exact) mass is 304 g/mol. The first-order valence-electron chi connectivity index (χ1n) is 7.97. The molecule has 21 heavy (non-hydrogen) atoms. The summed E-state index contributed by atoms with van der Waals surface area (Å²) in [7, 11) is 0. The Labute approximate surface area is 123 Å². The number of nitrogens with one attached hydrogen (secondary N) is 1. The minimum absolute atomic E-state index is 0.236. The second-order valence-corrected chi connectivity index (χ2v) is 6.90. The lowest BCUT2D eigenvalue weighted by atomic mass is 9.93. The highest BCUT2D eigenvalue weighted by molar-refractivity contribution is 5.83. The molecule has 0 aromatic rings. The Morgan fingerprint density at radius 1 is 1.29 bits per heavy atom. The van der Waals surface area contributed by atoms with Gasteiger partial charge in [0.2, 0.25) is 5.91 Å². The molecule has 120 valence electrons. The Balaban J connectivity index is 1.73. The molecule has 4 unspecified atom stereocenters. The number of carbonyl (C=O) groups is 1. The highest BCUT2D eigenvalue weighted by atomic mass is 19.4. The lowest BCUT2D eigenvalue weighted by molar-refractivity contribution is -0.167. The van der Waals surface area contributed by atoms with Gasteiger partial charge in [0.15, 0.2) is 0 Å². The summed E-state index contributed by atoms with van der Waals surface area (Å²) in [4.78, 5) is 13.8. The van der Waals surface area contributed by atoms with E-state index in [9.17, 15) is 18.0 Å². The fourth-order valence-corrected chi connectivity index (χ4v) is 4.09. The Hall–Kier alpha value is -0.780. The maximum Gasteiger partial charge on any atom is 0.406 e. The molecule has 2 saturated carbocycles. The van der Waals surface area contributed by atoms with Gasteiger partial charge in [-0.3, -0.25) is 4.79 Å². The molecule has 6 heteroatoms. The van der Waals surface area contributed by atoms with Crippen LogP contribution in [0.1, 0.15) is 39.0 Å². The predicted molar refractivity (Wildman–Crippen MR) is 72.6 cm³/mol. The number of alkyl halides is 3. The Morgan fingerprint density at radius 3 is 2.62 bits per heavy atom. The van der Waals surface area contributed by atoms with Crippen LogP contribution < -0.4 is 5.32 Å². The highest BCUT2D eigenvalue weighted by Gasteiger charge is 2.47. The van der Waals surface area contributed by atoms with Gasteiger partial charge < -0.3 is 10.2 Å². The van der Waals surface area contributed by atoms with E-state index in [0.717, 1.165) is 43.5 Å². The second kappa shape index (κ2) is 5.45. The van der Waals surface area contributed by atoms with Crippen LogP contribution in [0.4, 0.5) is 13.2 Å². The lowest BCUT2D eigenvalue weighted by Crippen LogP contribution is -2.53. The van der Waals surface area contributed by atoms with E-state index in [4.69, 9.17) is 0 Å². The average Bonchev–Trinajstić information content (AvgIpc) is 3.00. The van der Waals surface area contributed by atoms with Gasteiger partial charge in [0, 0.05) is 6.04 Å². The fraction of sp³-hybridized carbons (Fsp3) is 0.933. The van der Waals surface area contributed by atoms with Crippen LogP contribution in [-0.2, 0) is 4.79 Å². The third-order valence-corrected chi connectivity index (χ3v) is 5.44. The Bertz CT molecular complexity index is 408. The quantitative estimate of drug-likeness (QED) is 0.866. The van der Waals surface area contributed by atoms with Crippen molar-refractivity contribution in [2.75, 3.05) is 13.1 Å². The van der Waals surface area contributed by atoms with Crippen LogP contribution in [0.15, 0.2) is 0 Å². The van der Waals surface area contributed by atoms with E-state index < -0.39 is 18.8 Å². The van der Waals surface area contributed by atoms with Crippen LogP contribution in [0.25, 0.3) is 0 Å². The number of halogens is 3. The summed E-state index contributed by atoms with van der Waals surface area (Å²) in [6.07, 6.45) is 0.704. The maximum atomic E-state index is 12.9. The molecular formula is C15H23F3N2O. The van der Waals surface area contributed by atoms with Gasteiger partial charge in [0.1, 0.15) is 6.54 Å². The standard InChI is InChI=1S/C15H23F3N2O/c1-9(10-5-6-10)20(8-15(16,17)18)14(21)13-12-4-2-3-11(12)7-19-13/h9-13,19H,2-8H2,1H3. The van der Waals surface area contributed by atoms with Crippen LogP contribution in [0.5, 0.6) is 0 Å². The number of carbonyl (C=O) groups excluding carboxylic acids is 1. The van der Waals surface area contributed by atoms with Gasteiger partial charge >= 0.3 is 6.18 Å². The van der Waals surface area contributed by atoms with Crippen LogP contribution in [-0.4, -0.2) is 42.2 Å². The van der Waals surface area contributed by atoms with E-state index in [-0.39, 0.29) is 23.8 Å². The van der Waals surface area contributed by atoms with E-state index in [1.807, 2.05) is 0 Å². The molecule has 3 fully saturated rings. The molecule has 0 spiro atoms. The summed E-state index contributed by atoms with van der Waals surface area (Å²) in [5.74, 6) is 0.626. The molecular weight excluding hydrogens is 281 g/mol. The molecule has 1 saturated heterocycles. The zero-order valence-corrected chi connectivity index (χ0v) is 12.3. The Kier molecular flexibility index (Phi) is 3.93. The fourth-order valence-electron chi connectivity index (χ4n) is 4.09. The van der Waals surface area contributed by atoms with E-state index in [2.05, 4.69) is 5.32 Å². The number of hydrogen-bond acceptors (Lipinski definition) is 2. The van der Waals surface area contributed by atoms with Crippen molar-refractivity contribution in [3.05, 3.63) is 0 Å². The van der Waals surface area contributed by atoms with Crippen LogP contribution >= 0.6 is 0 Å². The molecule has 1 amide bonds. The normalized spacial score (nSPS) is 33.8. The molecule has 0 aromatic carbocycles. The van der Waals surface area contributed by atoms with Crippen LogP contribution in [0.2, 0.25) is 0 Å². The van der Waals surface area contributed by atoms with Gasteiger partial charge in [-0.2, -0.15) is 13.2 Å². The molecule has 1 aliphatic heterocycles. The number of amides is 1. The van der Waals surface area contributed by atoms with Crippen molar-refractivity contribution in [1.29, 1.82) is 0 Å². The lowest BCUT2D eigenvalue weighted by Gasteiger charge is -2.33. The first-order chi connectivity index (χ1) is 9.87. The molecule has 0 radical (unpaired) electrons. The highest BCUT2D eigenvalue weighted by Crippen LogP contribution is 2.40. The van der Waals surface area contributed by atoms with E-state index in [1.54, 1.807) is 6.92 Å². The number of nitrogens with zero attached hydrogens (tertiary/aromatic N) is 1. The topological polar surface area (TPSA) is 32.3 Å². The molecule has 3 nitrogen and oxygen atoms in total. The van der Waals surface area contributed by atoms with Crippen LogP contribution in [0, 0.1) is 17.8 Å². The third-order valence-electron chi connectivity index (χ3n) is 5.44. The summed E-state index contributed by atoms with van der Waals surface area (Å²) < 4.78 is 38.6. The van der Waals surface area contributed by atoms with E-state index in [0.29, 0.717) is 5.92 Å². The Morgan fingerprint density at radius 2 is 2.00 bits per heavy atom. The zero-order valence-electron chi connectivity index (χ0n) is 12.3.